The molecule has 1 saturated heterocycles. The monoisotopic (exact) mass is 264 g/mol. The standard InChI is InChI=1S/C13H16N2O4/c1-13(2)8-15(6-7-19-13)11(16)9-4-3-5-10(14-9)12(17)18/h3-5H,6-8H2,1-2H3,(H,17,18). The molecule has 1 amide bonds. The third-order valence-corrected chi connectivity index (χ3v) is 2.90. The van der Waals surface area contributed by atoms with Crippen molar-refractivity contribution in [1.82, 2.24) is 9.88 Å². The molecule has 0 saturated carbocycles. The summed E-state index contributed by atoms with van der Waals surface area (Å²) in [5, 5.41) is 8.88. The van der Waals surface area contributed by atoms with Gasteiger partial charge in [0.15, 0.2) is 0 Å². The fourth-order valence-corrected chi connectivity index (χ4v) is 2.02. The third-order valence-electron chi connectivity index (χ3n) is 2.90. The summed E-state index contributed by atoms with van der Waals surface area (Å²) in [7, 11) is 0. The summed E-state index contributed by atoms with van der Waals surface area (Å²) in [6.07, 6.45) is 0. The van der Waals surface area contributed by atoms with E-state index >= 15 is 0 Å². The van der Waals surface area contributed by atoms with Gasteiger partial charge in [0.2, 0.25) is 0 Å². The van der Waals surface area contributed by atoms with Gasteiger partial charge in [-0.05, 0) is 26.0 Å². The number of carbonyl (C=O) groups is 2. The third kappa shape index (κ3) is 3.08. The number of nitrogens with zero attached hydrogens (tertiary/aromatic N) is 2. The summed E-state index contributed by atoms with van der Waals surface area (Å²) in [5.74, 6) is -1.41. The molecule has 0 unspecified atom stereocenters. The van der Waals surface area contributed by atoms with Crippen LogP contribution >= 0.6 is 0 Å². The number of aromatic nitrogens is 1. The number of ether oxygens (including phenoxy) is 1. The van der Waals surface area contributed by atoms with Crippen LogP contribution in [0.3, 0.4) is 0 Å². The average molecular weight is 264 g/mol. The summed E-state index contributed by atoms with van der Waals surface area (Å²) >= 11 is 0. The van der Waals surface area contributed by atoms with Crippen molar-refractivity contribution in [2.75, 3.05) is 19.7 Å². The van der Waals surface area contributed by atoms with Gasteiger partial charge >= 0.3 is 5.97 Å². The van der Waals surface area contributed by atoms with Crippen LogP contribution < -0.4 is 0 Å². The molecule has 0 atom stereocenters. The van der Waals surface area contributed by atoms with Crippen molar-refractivity contribution < 1.29 is 19.4 Å². The molecule has 1 aliphatic heterocycles. The van der Waals surface area contributed by atoms with E-state index in [2.05, 4.69) is 4.98 Å². The molecule has 6 heteroatoms. The first kappa shape index (κ1) is 13.5. The number of aromatic carboxylic acids is 1. The molecule has 1 aliphatic rings. The van der Waals surface area contributed by atoms with Gasteiger partial charge in [-0.2, -0.15) is 0 Å². The largest absolute Gasteiger partial charge is 0.477 e. The second-order valence-corrected chi connectivity index (χ2v) is 5.05. The molecule has 1 aromatic rings. The molecular weight excluding hydrogens is 248 g/mol. The Morgan fingerprint density at radius 1 is 1.37 bits per heavy atom. The fourth-order valence-electron chi connectivity index (χ4n) is 2.02. The number of carboxylic acids is 1. The minimum Gasteiger partial charge on any atom is -0.477 e. The average Bonchev–Trinajstić information content (AvgIpc) is 2.37. The van der Waals surface area contributed by atoms with Crippen LogP contribution in [0.25, 0.3) is 0 Å². The molecule has 1 N–H and O–H groups in total. The summed E-state index contributed by atoms with van der Waals surface area (Å²) in [6.45, 7) is 5.24. The Morgan fingerprint density at radius 3 is 2.68 bits per heavy atom. The van der Waals surface area contributed by atoms with Crippen molar-refractivity contribution in [3.63, 3.8) is 0 Å². The molecular formula is C13H16N2O4. The van der Waals surface area contributed by atoms with Crippen molar-refractivity contribution in [2.24, 2.45) is 0 Å². The summed E-state index contributed by atoms with van der Waals surface area (Å²) < 4.78 is 5.54. The zero-order valence-electron chi connectivity index (χ0n) is 10.9. The van der Waals surface area contributed by atoms with Crippen molar-refractivity contribution in [2.45, 2.75) is 19.4 Å². The Morgan fingerprint density at radius 2 is 2.05 bits per heavy atom. The molecule has 1 fully saturated rings. The van der Waals surface area contributed by atoms with Crippen LogP contribution in [-0.2, 0) is 4.74 Å². The normalized spacial score (nSPS) is 18.1. The number of hydrogen-bond donors (Lipinski definition) is 1. The zero-order valence-corrected chi connectivity index (χ0v) is 10.9. The van der Waals surface area contributed by atoms with Gasteiger partial charge in [-0.3, -0.25) is 4.79 Å². The van der Waals surface area contributed by atoms with Crippen LogP contribution in [-0.4, -0.2) is 52.2 Å². The topological polar surface area (TPSA) is 79.7 Å². The lowest BCUT2D eigenvalue weighted by molar-refractivity contribution is -0.0765. The number of pyridine rings is 1. The quantitative estimate of drug-likeness (QED) is 0.863. The maximum atomic E-state index is 12.3. The van der Waals surface area contributed by atoms with E-state index in [0.29, 0.717) is 19.7 Å². The second-order valence-electron chi connectivity index (χ2n) is 5.05. The first-order valence-electron chi connectivity index (χ1n) is 6.03. The lowest BCUT2D eigenvalue weighted by Gasteiger charge is -2.37. The van der Waals surface area contributed by atoms with Gasteiger partial charge in [0.05, 0.1) is 12.2 Å². The van der Waals surface area contributed by atoms with E-state index in [1.54, 1.807) is 4.90 Å². The minimum atomic E-state index is -1.14. The van der Waals surface area contributed by atoms with Crippen molar-refractivity contribution in [1.29, 1.82) is 0 Å². The Kier molecular flexibility index (Phi) is 3.53. The maximum Gasteiger partial charge on any atom is 0.354 e. The Hall–Kier alpha value is -1.95. The summed E-state index contributed by atoms with van der Waals surface area (Å²) in [6, 6.07) is 4.41. The van der Waals surface area contributed by atoms with E-state index in [9.17, 15) is 9.59 Å². The number of carboxylic acid groups (broad SMARTS) is 1. The maximum absolute atomic E-state index is 12.3. The highest BCUT2D eigenvalue weighted by atomic mass is 16.5. The molecule has 102 valence electrons. The highest BCUT2D eigenvalue weighted by Gasteiger charge is 2.31. The molecule has 6 nitrogen and oxygen atoms in total. The van der Waals surface area contributed by atoms with E-state index < -0.39 is 11.6 Å². The van der Waals surface area contributed by atoms with Crippen molar-refractivity contribution in [3.05, 3.63) is 29.6 Å². The molecule has 0 spiro atoms. The summed E-state index contributed by atoms with van der Waals surface area (Å²) in [4.78, 5) is 28.6. The highest BCUT2D eigenvalue weighted by Crippen LogP contribution is 2.18. The number of hydrogen-bond acceptors (Lipinski definition) is 4. The molecule has 1 aromatic heterocycles. The van der Waals surface area contributed by atoms with Gasteiger partial charge in [0.25, 0.3) is 5.91 Å². The lowest BCUT2D eigenvalue weighted by Crippen LogP contribution is -2.50. The number of morpholine rings is 1. The van der Waals surface area contributed by atoms with Crippen molar-refractivity contribution >= 4 is 11.9 Å². The van der Waals surface area contributed by atoms with Crippen molar-refractivity contribution in [3.8, 4) is 0 Å². The van der Waals surface area contributed by atoms with Gasteiger partial charge < -0.3 is 14.7 Å². The first-order chi connectivity index (χ1) is 8.89. The first-order valence-corrected chi connectivity index (χ1v) is 6.03. The molecule has 2 rings (SSSR count). The predicted octanol–water partition coefficient (Wildman–Crippen LogP) is 1.03. The molecule has 2 heterocycles. The molecule has 19 heavy (non-hydrogen) atoms. The Bertz CT molecular complexity index is 513. The molecule has 0 radical (unpaired) electrons. The number of rotatable bonds is 2. The van der Waals surface area contributed by atoms with E-state index in [1.165, 1.54) is 18.2 Å². The van der Waals surface area contributed by atoms with Crippen LogP contribution in [0.15, 0.2) is 18.2 Å². The van der Waals surface area contributed by atoms with Gasteiger partial charge in [-0.25, -0.2) is 9.78 Å². The minimum absolute atomic E-state index is 0.127. The SMILES string of the molecule is CC1(C)CN(C(=O)c2cccc(C(=O)O)n2)CCO1. The molecule has 0 bridgehead atoms. The lowest BCUT2D eigenvalue weighted by atomic mass is 10.1. The number of amides is 1. The van der Waals surface area contributed by atoms with Gasteiger partial charge in [0.1, 0.15) is 11.4 Å². The van der Waals surface area contributed by atoms with E-state index in [0.717, 1.165) is 0 Å². The molecule has 0 aliphatic carbocycles. The van der Waals surface area contributed by atoms with E-state index in [4.69, 9.17) is 9.84 Å². The zero-order chi connectivity index (χ0) is 14.0. The smallest absolute Gasteiger partial charge is 0.354 e. The molecule has 0 aromatic carbocycles. The number of carbonyl (C=O) groups excluding carboxylic acids is 1. The fraction of sp³-hybridized carbons (Fsp3) is 0.462. The van der Waals surface area contributed by atoms with E-state index in [-0.39, 0.29) is 17.3 Å². The van der Waals surface area contributed by atoms with Crippen LogP contribution in [0.5, 0.6) is 0 Å². The highest BCUT2D eigenvalue weighted by molar-refractivity contribution is 5.94. The van der Waals surface area contributed by atoms with Crippen LogP contribution in [0.2, 0.25) is 0 Å². The Labute approximate surface area is 111 Å². The van der Waals surface area contributed by atoms with Crippen LogP contribution in [0, 0.1) is 0 Å². The van der Waals surface area contributed by atoms with Gasteiger partial charge in [0, 0.05) is 13.1 Å². The van der Waals surface area contributed by atoms with Gasteiger partial charge in [-0.1, -0.05) is 6.07 Å². The van der Waals surface area contributed by atoms with Crippen LogP contribution in [0.4, 0.5) is 0 Å². The van der Waals surface area contributed by atoms with Gasteiger partial charge in [-0.15, -0.1) is 0 Å². The Balaban J connectivity index is 2.19. The second kappa shape index (κ2) is 4.97. The van der Waals surface area contributed by atoms with E-state index in [1.807, 2.05) is 13.8 Å². The van der Waals surface area contributed by atoms with Crippen LogP contribution in [0.1, 0.15) is 34.8 Å². The summed E-state index contributed by atoms with van der Waals surface area (Å²) in [5.41, 5.74) is -0.367. The predicted molar refractivity (Wildman–Crippen MR) is 67.1 cm³/mol.